The first-order valence-electron chi connectivity index (χ1n) is 12.6. The van der Waals surface area contributed by atoms with Crippen LogP contribution in [0.2, 0.25) is 0 Å². The quantitative estimate of drug-likeness (QED) is 0.297. The molecule has 0 saturated heterocycles. The molecule has 39 heavy (non-hydrogen) atoms. The van der Waals surface area contributed by atoms with Crippen molar-refractivity contribution in [2.24, 2.45) is 0 Å². The highest BCUT2D eigenvalue weighted by Crippen LogP contribution is 2.26. The third-order valence-electron chi connectivity index (χ3n) is 6.19. The van der Waals surface area contributed by atoms with Crippen LogP contribution in [-0.4, -0.2) is 50.0 Å². The fraction of sp³-hybridized carbons (Fsp3) is 0.310. The van der Waals surface area contributed by atoms with Gasteiger partial charge in [0.2, 0.25) is 21.8 Å². The van der Waals surface area contributed by atoms with Crippen molar-refractivity contribution in [3.05, 3.63) is 88.9 Å². The van der Waals surface area contributed by atoms with E-state index in [1.54, 1.807) is 31.2 Å². The van der Waals surface area contributed by atoms with Crippen molar-refractivity contribution in [3.8, 4) is 11.5 Å². The SMILES string of the molecule is CCC(C)NC(=O)C(C)N(Cc1cccc(Br)c1)C(=O)CN(c1ccc(Oc2ccccc2)cc1)S(C)(=O)=O. The number of sulfonamides is 1. The lowest BCUT2D eigenvalue weighted by Crippen LogP contribution is -2.52. The highest BCUT2D eigenvalue weighted by atomic mass is 79.9. The van der Waals surface area contributed by atoms with Gasteiger partial charge in [-0.25, -0.2) is 8.42 Å². The molecule has 2 amide bonds. The second kappa shape index (κ2) is 13.6. The van der Waals surface area contributed by atoms with Gasteiger partial charge in [0.05, 0.1) is 11.9 Å². The van der Waals surface area contributed by atoms with Crippen LogP contribution in [0, 0.1) is 0 Å². The molecular weight excluding hydrogens is 582 g/mol. The number of benzene rings is 3. The first-order chi connectivity index (χ1) is 18.5. The van der Waals surface area contributed by atoms with Gasteiger partial charge in [-0.05, 0) is 74.4 Å². The van der Waals surface area contributed by atoms with Crippen LogP contribution in [0.1, 0.15) is 32.8 Å². The molecular formula is C29H34BrN3O5S. The molecule has 1 N–H and O–H groups in total. The average molecular weight is 617 g/mol. The van der Waals surface area contributed by atoms with Crippen LogP contribution in [0.4, 0.5) is 5.69 Å². The Hall–Kier alpha value is -3.37. The third kappa shape index (κ3) is 8.83. The molecule has 2 atom stereocenters. The van der Waals surface area contributed by atoms with Crippen LogP contribution >= 0.6 is 15.9 Å². The Morgan fingerprint density at radius 1 is 0.949 bits per heavy atom. The third-order valence-corrected chi connectivity index (χ3v) is 7.83. The van der Waals surface area contributed by atoms with Crippen LogP contribution in [0.15, 0.2) is 83.3 Å². The number of nitrogens with zero attached hydrogens (tertiary/aromatic N) is 2. The largest absolute Gasteiger partial charge is 0.457 e. The molecule has 0 bridgehead atoms. The Morgan fingerprint density at radius 3 is 2.18 bits per heavy atom. The molecule has 10 heteroatoms. The molecule has 0 fully saturated rings. The van der Waals surface area contributed by atoms with Gasteiger partial charge in [0.15, 0.2) is 0 Å². The summed E-state index contributed by atoms with van der Waals surface area (Å²) in [4.78, 5) is 28.1. The minimum atomic E-state index is -3.83. The minimum absolute atomic E-state index is 0.0630. The average Bonchev–Trinajstić information content (AvgIpc) is 2.90. The van der Waals surface area contributed by atoms with Crippen LogP contribution in [0.5, 0.6) is 11.5 Å². The van der Waals surface area contributed by atoms with Gasteiger partial charge in [-0.2, -0.15) is 0 Å². The number of hydrogen-bond acceptors (Lipinski definition) is 5. The zero-order valence-electron chi connectivity index (χ0n) is 22.5. The predicted octanol–water partition coefficient (Wildman–Crippen LogP) is 5.34. The normalized spacial score (nSPS) is 12.7. The highest BCUT2D eigenvalue weighted by molar-refractivity contribution is 9.10. The number of amides is 2. The molecule has 3 rings (SSSR count). The smallest absolute Gasteiger partial charge is 0.244 e. The Bertz CT molecular complexity index is 1370. The van der Waals surface area contributed by atoms with E-state index in [9.17, 15) is 18.0 Å². The van der Waals surface area contributed by atoms with E-state index in [0.29, 0.717) is 17.2 Å². The summed E-state index contributed by atoms with van der Waals surface area (Å²) in [6.45, 7) is 5.16. The molecule has 0 aromatic heterocycles. The summed E-state index contributed by atoms with van der Waals surface area (Å²) in [6, 6.07) is 22.2. The second-order valence-corrected chi connectivity index (χ2v) is 12.1. The first-order valence-corrected chi connectivity index (χ1v) is 15.3. The van der Waals surface area contributed by atoms with Gasteiger partial charge in [-0.15, -0.1) is 0 Å². The summed E-state index contributed by atoms with van der Waals surface area (Å²) in [5.41, 5.74) is 1.11. The summed E-state index contributed by atoms with van der Waals surface area (Å²) in [6.07, 6.45) is 1.79. The number of halogens is 1. The van der Waals surface area contributed by atoms with E-state index in [1.165, 1.54) is 4.90 Å². The number of rotatable bonds is 12. The summed E-state index contributed by atoms with van der Waals surface area (Å²) in [5.74, 6) is 0.363. The number of nitrogens with one attached hydrogen (secondary N) is 1. The molecule has 8 nitrogen and oxygen atoms in total. The Labute approximate surface area is 239 Å². The fourth-order valence-electron chi connectivity index (χ4n) is 3.80. The molecule has 0 aliphatic rings. The maximum atomic E-state index is 13.7. The van der Waals surface area contributed by atoms with Crippen molar-refractivity contribution >= 4 is 43.5 Å². The molecule has 3 aromatic carbocycles. The summed E-state index contributed by atoms with van der Waals surface area (Å²) < 4.78 is 33.3. The fourth-order valence-corrected chi connectivity index (χ4v) is 5.10. The minimum Gasteiger partial charge on any atom is -0.457 e. The van der Waals surface area contributed by atoms with Crippen molar-refractivity contribution in [1.82, 2.24) is 10.2 Å². The highest BCUT2D eigenvalue weighted by Gasteiger charge is 2.30. The Kier molecular flexibility index (Phi) is 10.5. The van der Waals surface area contributed by atoms with E-state index < -0.39 is 28.5 Å². The van der Waals surface area contributed by atoms with Crippen molar-refractivity contribution in [3.63, 3.8) is 0 Å². The molecule has 0 heterocycles. The van der Waals surface area contributed by atoms with Gasteiger partial charge in [-0.3, -0.25) is 13.9 Å². The van der Waals surface area contributed by atoms with Crippen molar-refractivity contribution in [1.29, 1.82) is 0 Å². The van der Waals surface area contributed by atoms with Crippen LogP contribution in [-0.2, 0) is 26.2 Å². The van der Waals surface area contributed by atoms with Gasteiger partial charge in [-0.1, -0.05) is 53.2 Å². The molecule has 208 valence electrons. The van der Waals surface area contributed by atoms with Gasteiger partial charge in [0.25, 0.3) is 0 Å². The zero-order chi connectivity index (χ0) is 28.6. The number of ether oxygens (including phenoxy) is 1. The summed E-state index contributed by atoms with van der Waals surface area (Å²) >= 11 is 3.44. The van der Waals surface area contributed by atoms with Crippen molar-refractivity contribution in [2.75, 3.05) is 17.1 Å². The Morgan fingerprint density at radius 2 is 1.59 bits per heavy atom. The number of hydrogen-bond donors (Lipinski definition) is 1. The molecule has 2 unspecified atom stereocenters. The standard InChI is InChI=1S/C29H34BrN3O5S/c1-5-21(2)31-29(35)22(3)32(19-23-10-9-11-24(30)18-23)28(34)20-33(39(4,36)37)25-14-16-27(17-15-25)38-26-12-7-6-8-13-26/h6-18,21-22H,5,19-20H2,1-4H3,(H,31,35). The van der Waals surface area contributed by atoms with Gasteiger partial charge in [0.1, 0.15) is 24.1 Å². The number of carbonyl (C=O) groups excluding carboxylic acids is 2. The van der Waals surface area contributed by atoms with Crippen molar-refractivity contribution in [2.45, 2.75) is 45.8 Å². The van der Waals surface area contributed by atoms with Crippen LogP contribution < -0.4 is 14.4 Å². The summed E-state index contributed by atoms with van der Waals surface area (Å²) in [7, 11) is -3.83. The lowest BCUT2D eigenvalue weighted by molar-refractivity contribution is -0.139. The topological polar surface area (TPSA) is 96.0 Å². The van der Waals surface area contributed by atoms with Crippen molar-refractivity contribution < 1.29 is 22.7 Å². The maximum absolute atomic E-state index is 13.7. The number of para-hydroxylation sites is 1. The lowest BCUT2D eigenvalue weighted by atomic mass is 10.1. The van der Waals surface area contributed by atoms with Gasteiger partial charge >= 0.3 is 0 Å². The van der Waals surface area contributed by atoms with E-state index in [1.807, 2.05) is 68.4 Å². The predicted molar refractivity (Wildman–Crippen MR) is 157 cm³/mol. The number of anilines is 1. The Balaban J connectivity index is 1.86. The first kappa shape index (κ1) is 30.2. The maximum Gasteiger partial charge on any atom is 0.244 e. The molecule has 3 aromatic rings. The molecule has 0 aliphatic heterocycles. The van der Waals surface area contributed by atoms with Crippen LogP contribution in [0.3, 0.4) is 0 Å². The molecule has 0 saturated carbocycles. The summed E-state index contributed by atoms with van der Waals surface area (Å²) in [5, 5.41) is 2.92. The van der Waals surface area contributed by atoms with E-state index in [2.05, 4.69) is 21.2 Å². The molecule has 0 aliphatic carbocycles. The number of carbonyl (C=O) groups is 2. The monoisotopic (exact) mass is 615 g/mol. The van der Waals surface area contributed by atoms with E-state index in [-0.39, 0.29) is 18.5 Å². The molecule has 0 spiro atoms. The zero-order valence-corrected chi connectivity index (χ0v) is 24.9. The van der Waals surface area contributed by atoms with Gasteiger partial charge < -0.3 is 15.0 Å². The second-order valence-electron chi connectivity index (χ2n) is 9.32. The molecule has 0 radical (unpaired) electrons. The van der Waals surface area contributed by atoms with E-state index >= 15 is 0 Å². The van der Waals surface area contributed by atoms with Gasteiger partial charge in [0, 0.05) is 17.1 Å². The van der Waals surface area contributed by atoms with E-state index in [0.717, 1.165) is 27.0 Å². The lowest BCUT2D eigenvalue weighted by Gasteiger charge is -2.32. The van der Waals surface area contributed by atoms with Crippen LogP contribution in [0.25, 0.3) is 0 Å². The van der Waals surface area contributed by atoms with E-state index in [4.69, 9.17) is 4.74 Å².